The summed E-state index contributed by atoms with van der Waals surface area (Å²) in [5.41, 5.74) is 0.778. The van der Waals surface area contributed by atoms with Gasteiger partial charge in [-0.3, -0.25) is 13.9 Å². The van der Waals surface area contributed by atoms with Crippen molar-refractivity contribution in [2.45, 2.75) is 24.1 Å². The number of fused-ring (bicyclic) bond motifs is 4. The Kier molecular flexibility index (Phi) is 9.69. The summed E-state index contributed by atoms with van der Waals surface area (Å²) in [7, 11) is -8.93. The molecule has 0 atom stereocenters. The van der Waals surface area contributed by atoms with Gasteiger partial charge in [-0.1, -0.05) is 60.3 Å². The number of thioether (sulfide) groups is 1. The van der Waals surface area contributed by atoms with Crippen LogP contribution in [0.1, 0.15) is 17.4 Å². The SMILES string of the molecule is CCn1c(=Cc2sc3ccccc3c2CS(=O)(=O)[O-])s/c(=C/C=C2\Sc3c(ccc4ccccc34)N2CS(=O)(=O)O)c1=O.[Na+]. The van der Waals surface area contributed by atoms with Gasteiger partial charge in [0.1, 0.15) is 0 Å². The van der Waals surface area contributed by atoms with E-state index in [1.165, 1.54) is 39.3 Å². The maximum absolute atomic E-state index is 13.4. The van der Waals surface area contributed by atoms with E-state index in [2.05, 4.69) is 0 Å². The molecule has 6 rings (SSSR count). The fraction of sp³-hybridized carbons (Fsp3) is 0.138. The smallest absolute Gasteiger partial charge is 0.748 e. The molecule has 3 heterocycles. The largest absolute Gasteiger partial charge is 1.00 e. The minimum atomic E-state index is -4.55. The standard InChI is InChI=1S/C29H24N2O7S5.Na/c1-2-30-27(15-25-21(16-42(33,34)35)20-9-5-6-10-23(20)39-25)40-24(29(30)32)13-14-26-31(17-43(36,37)38)22-12-11-18-7-3-4-8-19(18)28(22)41-26;/h3-15H,2,16-17H2,1H3,(H,33,34,35)(H,36,37,38);/q;+1/p-1/b24-13+,26-14-,27-15?;. The molecule has 0 bridgehead atoms. The van der Waals surface area contributed by atoms with Crippen LogP contribution in [0.3, 0.4) is 0 Å². The second kappa shape index (κ2) is 12.9. The van der Waals surface area contributed by atoms with Crippen LogP contribution >= 0.6 is 34.4 Å². The molecule has 0 saturated carbocycles. The molecule has 2 aromatic heterocycles. The zero-order valence-electron chi connectivity index (χ0n) is 23.5. The van der Waals surface area contributed by atoms with Gasteiger partial charge in [-0.05, 0) is 59.0 Å². The van der Waals surface area contributed by atoms with Gasteiger partial charge in [-0.25, -0.2) is 8.42 Å². The molecular formula is C29H23N2NaO7S5. The number of aromatic nitrogens is 1. The fourth-order valence-electron chi connectivity index (χ4n) is 5.03. The molecule has 15 heteroatoms. The van der Waals surface area contributed by atoms with E-state index in [9.17, 15) is 30.7 Å². The van der Waals surface area contributed by atoms with Crippen molar-refractivity contribution in [1.29, 1.82) is 0 Å². The molecule has 44 heavy (non-hydrogen) atoms. The molecule has 1 N–H and O–H groups in total. The average Bonchev–Trinajstić information content (AvgIpc) is 3.57. The van der Waals surface area contributed by atoms with E-state index >= 15 is 0 Å². The Bertz CT molecular complexity index is 2360. The Balaban J connectivity index is 0.00000384. The minimum absolute atomic E-state index is 0. The quantitative estimate of drug-likeness (QED) is 0.197. The van der Waals surface area contributed by atoms with Crippen molar-refractivity contribution in [3.63, 3.8) is 0 Å². The first-order chi connectivity index (χ1) is 20.4. The fourth-order valence-corrected chi connectivity index (χ4v) is 9.96. The number of nitrogens with zero attached hydrogens (tertiary/aromatic N) is 2. The maximum atomic E-state index is 13.4. The number of rotatable bonds is 7. The van der Waals surface area contributed by atoms with E-state index in [1.807, 2.05) is 55.5 Å². The monoisotopic (exact) mass is 694 g/mol. The van der Waals surface area contributed by atoms with Crippen LogP contribution in [-0.2, 0) is 32.5 Å². The van der Waals surface area contributed by atoms with Gasteiger partial charge in [0, 0.05) is 21.0 Å². The first kappa shape index (κ1) is 33.1. The Morgan fingerprint density at radius 2 is 1.64 bits per heavy atom. The van der Waals surface area contributed by atoms with Crippen LogP contribution in [0, 0.1) is 0 Å². The molecule has 5 aromatic rings. The second-order valence-electron chi connectivity index (χ2n) is 9.69. The Hall–Kier alpha value is -2.24. The maximum Gasteiger partial charge on any atom is 1.00 e. The van der Waals surface area contributed by atoms with Crippen molar-refractivity contribution < 1.29 is 55.5 Å². The average molecular weight is 695 g/mol. The third-order valence-electron chi connectivity index (χ3n) is 6.85. The molecule has 0 radical (unpaired) electrons. The van der Waals surface area contributed by atoms with E-state index in [0.717, 1.165) is 20.4 Å². The van der Waals surface area contributed by atoms with E-state index in [1.54, 1.807) is 34.9 Å². The Labute approximate surface area is 287 Å². The Morgan fingerprint density at radius 3 is 2.34 bits per heavy atom. The van der Waals surface area contributed by atoms with Gasteiger partial charge in [-0.15, -0.1) is 22.7 Å². The third-order valence-corrected chi connectivity index (χ3v) is 11.5. The van der Waals surface area contributed by atoms with Crippen molar-refractivity contribution in [2.75, 3.05) is 10.8 Å². The van der Waals surface area contributed by atoms with Crippen molar-refractivity contribution in [3.8, 4) is 0 Å². The molecule has 1 aliphatic rings. The molecule has 0 amide bonds. The van der Waals surface area contributed by atoms with Crippen LogP contribution in [-0.4, -0.2) is 36.4 Å². The predicted octanol–water partition coefficient (Wildman–Crippen LogP) is 1.26. The second-order valence-corrected chi connectivity index (χ2v) is 15.7. The molecule has 0 fully saturated rings. The van der Waals surface area contributed by atoms with Crippen LogP contribution in [0.2, 0.25) is 0 Å². The molecule has 222 valence electrons. The van der Waals surface area contributed by atoms with Gasteiger partial charge in [0.25, 0.3) is 15.7 Å². The van der Waals surface area contributed by atoms with Gasteiger partial charge < -0.3 is 9.45 Å². The minimum Gasteiger partial charge on any atom is -0.748 e. The number of hydrogen-bond acceptors (Lipinski definition) is 10. The summed E-state index contributed by atoms with van der Waals surface area (Å²) in [6.45, 7) is 2.18. The summed E-state index contributed by atoms with van der Waals surface area (Å²) < 4.78 is 72.1. The first-order valence-electron chi connectivity index (χ1n) is 12.9. The molecule has 1 aliphatic heterocycles. The van der Waals surface area contributed by atoms with Crippen LogP contribution < -0.4 is 49.2 Å². The topological polar surface area (TPSA) is 137 Å². The molecular weight excluding hydrogens is 672 g/mol. The van der Waals surface area contributed by atoms with E-state index in [-0.39, 0.29) is 35.1 Å². The number of allylic oxidation sites excluding steroid dienone is 1. The van der Waals surface area contributed by atoms with Crippen LogP contribution in [0.25, 0.3) is 33.0 Å². The number of benzene rings is 3. The number of thiophene rings is 1. The summed E-state index contributed by atoms with van der Waals surface area (Å²) >= 11 is 3.90. The van der Waals surface area contributed by atoms with Gasteiger partial charge in [-0.2, -0.15) is 8.42 Å². The van der Waals surface area contributed by atoms with E-state index < -0.39 is 31.9 Å². The zero-order valence-corrected chi connectivity index (χ0v) is 29.5. The number of anilines is 1. The first-order valence-corrected chi connectivity index (χ1v) is 18.5. The number of hydrogen-bond donors (Lipinski definition) is 1. The van der Waals surface area contributed by atoms with Gasteiger partial charge in [0.2, 0.25) is 0 Å². The molecule has 3 aromatic carbocycles. The van der Waals surface area contributed by atoms with Crippen molar-refractivity contribution in [3.05, 3.63) is 102 Å². The van der Waals surface area contributed by atoms with Gasteiger partial charge >= 0.3 is 29.6 Å². The number of thiazole rings is 1. The molecule has 0 aliphatic carbocycles. The summed E-state index contributed by atoms with van der Waals surface area (Å²) in [4.78, 5) is 16.3. The van der Waals surface area contributed by atoms with Crippen molar-refractivity contribution >= 4 is 93.4 Å². The summed E-state index contributed by atoms with van der Waals surface area (Å²) in [5, 5.41) is 3.13. The molecule has 0 unspecified atom stereocenters. The summed E-state index contributed by atoms with van der Waals surface area (Å²) in [6.07, 6.45) is 5.02. The summed E-state index contributed by atoms with van der Waals surface area (Å²) in [6, 6.07) is 18.7. The van der Waals surface area contributed by atoms with Crippen LogP contribution in [0.5, 0.6) is 0 Å². The molecule has 0 spiro atoms. The van der Waals surface area contributed by atoms with E-state index in [4.69, 9.17) is 0 Å². The Morgan fingerprint density at radius 1 is 0.932 bits per heavy atom. The van der Waals surface area contributed by atoms with Crippen molar-refractivity contribution in [2.24, 2.45) is 0 Å². The van der Waals surface area contributed by atoms with Crippen molar-refractivity contribution in [1.82, 2.24) is 4.57 Å². The third kappa shape index (κ3) is 6.79. The predicted molar refractivity (Wildman–Crippen MR) is 174 cm³/mol. The zero-order chi connectivity index (χ0) is 30.5. The van der Waals surface area contributed by atoms with Crippen LogP contribution in [0.15, 0.2) is 81.5 Å². The van der Waals surface area contributed by atoms with Gasteiger partial charge in [0.15, 0.2) is 5.88 Å². The normalized spacial score (nSPS) is 15.4. The summed E-state index contributed by atoms with van der Waals surface area (Å²) in [5.74, 6) is -1.31. The molecule has 9 nitrogen and oxygen atoms in total. The van der Waals surface area contributed by atoms with Crippen LogP contribution in [0.4, 0.5) is 5.69 Å². The van der Waals surface area contributed by atoms with E-state index in [0.29, 0.717) is 42.3 Å². The molecule has 0 saturated heterocycles. The van der Waals surface area contributed by atoms with Gasteiger partial charge in [0.05, 0.1) is 35.8 Å².